The molecule has 11 heteroatoms. The Morgan fingerprint density at radius 3 is 2.85 bits per heavy atom. The first kappa shape index (κ1) is 18.2. The highest BCUT2D eigenvalue weighted by Crippen LogP contribution is 2.22. The lowest BCUT2D eigenvalue weighted by Crippen LogP contribution is -2.27. The second kappa shape index (κ2) is 7.32. The summed E-state index contributed by atoms with van der Waals surface area (Å²) in [4.78, 5) is 20.2. The SMILES string of the molecule is CNC(=O)c1cc(S(=O)(=O)N[C@@H](C)c2nc(-c3ccccn3)no2)cs1. The third kappa shape index (κ3) is 3.79. The molecule has 2 N–H and O–H groups in total. The number of hydrogen-bond acceptors (Lipinski definition) is 8. The van der Waals surface area contributed by atoms with Crippen LogP contribution in [0.5, 0.6) is 0 Å². The monoisotopic (exact) mass is 393 g/mol. The van der Waals surface area contributed by atoms with Gasteiger partial charge in [-0.2, -0.15) is 9.71 Å². The molecule has 0 aliphatic heterocycles. The van der Waals surface area contributed by atoms with Crippen LogP contribution in [0.3, 0.4) is 0 Å². The summed E-state index contributed by atoms with van der Waals surface area (Å²) in [7, 11) is -2.37. The average Bonchev–Trinajstić information content (AvgIpc) is 3.31. The molecule has 3 heterocycles. The minimum atomic E-state index is -3.85. The number of sulfonamides is 1. The number of carbonyl (C=O) groups is 1. The lowest BCUT2D eigenvalue weighted by molar-refractivity contribution is 0.0967. The molecule has 0 saturated heterocycles. The Morgan fingerprint density at radius 2 is 2.15 bits per heavy atom. The molecule has 0 aliphatic rings. The van der Waals surface area contributed by atoms with Gasteiger partial charge in [-0.05, 0) is 25.1 Å². The van der Waals surface area contributed by atoms with E-state index in [1.165, 1.54) is 18.5 Å². The Labute approximate surface area is 153 Å². The standard InChI is InChI=1S/C15H15N5O4S2/c1-9(15-18-13(19-24-15)11-5-3-4-6-17-11)20-26(22,23)10-7-12(25-8-10)14(21)16-2/h3-9,20H,1-2H3,(H,16,21)/t9-/m0/s1. The number of rotatable bonds is 6. The highest BCUT2D eigenvalue weighted by atomic mass is 32.2. The van der Waals surface area contributed by atoms with Gasteiger partial charge in [-0.15, -0.1) is 11.3 Å². The predicted molar refractivity (Wildman–Crippen MR) is 94.0 cm³/mol. The maximum atomic E-state index is 12.5. The fourth-order valence-electron chi connectivity index (χ4n) is 2.06. The number of nitrogens with zero attached hydrogens (tertiary/aromatic N) is 3. The van der Waals surface area contributed by atoms with Gasteiger partial charge in [0.15, 0.2) is 0 Å². The number of pyridine rings is 1. The quantitative estimate of drug-likeness (QED) is 0.651. The van der Waals surface area contributed by atoms with Crippen LogP contribution >= 0.6 is 11.3 Å². The van der Waals surface area contributed by atoms with Crippen LogP contribution in [0, 0.1) is 0 Å². The minimum Gasteiger partial charge on any atom is -0.354 e. The average molecular weight is 393 g/mol. The normalized spacial score (nSPS) is 12.7. The van der Waals surface area contributed by atoms with Crippen LogP contribution < -0.4 is 10.0 Å². The molecular weight excluding hydrogens is 378 g/mol. The zero-order chi connectivity index (χ0) is 18.7. The topological polar surface area (TPSA) is 127 Å². The van der Waals surface area contributed by atoms with Gasteiger partial charge in [-0.25, -0.2) is 8.42 Å². The van der Waals surface area contributed by atoms with Crippen LogP contribution in [0.1, 0.15) is 28.5 Å². The summed E-state index contributed by atoms with van der Waals surface area (Å²) in [5.41, 5.74) is 0.519. The summed E-state index contributed by atoms with van der Waals surface area (Å²) >= 11 is 1.04. The summed E-state index contributed by atoms with van der Waals surface area (Å²) in [6.07, 6.45) is 1.60. The van der Waals surface area contributed by atoms with Crippen molar-refractivity contribution in [2.45, 2.75) is 17.9 Å². The first-order chi connectivity index (χ1) is 12.4. The number of hydrogen-bond donors (Lipinski definition) is 2. The van der Waals surface area contributed by atoms with Crippen LogP contribution in [0.15, 0.2) is 45.3 Å². The number of carbonyl (C=O) groups excluding carboxylic acids is 1. The number of amides is 1. The van der Waals surface area contributed by atoms with Crippen molar-refractivity contribution in [3.05, 3.63) is 46.6 Å². The Balaban J connectivity index is 1.77. The van der Waals surface area contributed by atoms with Gasteiger partial charge in [0.05, 0.1) is 15.8 Å². The Bertz CT molecular complexity index is 1010. The molecule has 136 valence electrons. The Hall–Kier alpha value is -2.63. The van der Waals surface area contributed by atoms with Gasteiger partial charge in [-0.3, -0.25) is 9.78 Å². The molecule has 3 aromatic heterocycles. The van der Waals surface area contributed by atoms with E-state index in [0.29, 0.717) is 10.6 Å². The van der Waals surface area contributed by atoms with E-state index in [4.69, 9.17) is 4.52 Å². The van der Waals surface area contributed by atoms with Crippen molar-refractivity contribution >= 4 is 27.3 Å². The first-order valence-electron chi connectivity index (χ1n) is 7.48. The van der Waals surface area contributed by atoms with E-state index in [0.717, 1.165) is 11.3 Å². The summed E-state index contributed by atoms with van der Waals surface area (Å²) in [6, 6.07) is 5.81. The summed E-state index contributed by atoms with van der Waals surface area (Å²) in [5.74, 6) is 0.0291. The van der Waals surface area contributed by atoms with Gasteiger partial charge < -0.3 is 9.84 Å². The van der Waals surface area contributed by atoms with Crippen molar-refractivity contribution in [1.82, 2.24) is 25.2 Å². The van der Waals surface area contributed by atoms with Crippen molar-refractivity contribution < 1.29 is 17.7 Å². The second-order valence-corrected chi connectivity index (χ2v) is 7.87. The fraction of sp³-hybridized carbons (Fsp3) is 0.200. The Kier molecular flexibility index (Phi) is 5.11. The van der Waals surface area contributed by atoms with Crippen molar-refractivity contribution in [3.8, 4) is 11.5 Å². The molecule has 0 spiro atoms. The molecule has 0 fully saturated rings. The zero-order valence-electron chi connectivity index (χ0n) is 13.8. The first-order valence-corrected chi connectivity index (χ1v) is 9.85. The zero-order valence-corrected chi connectivity index (χ0v) is 15.5. The second-order valence-electron chi connectivity index (χ2n) is 5.24. The molecule has 1 atom stereocenters. The van der Waals surface area contributed by atoms with Crippen LogP contribution in [-0.4, -0.2) is 36.5 Å². The highest BCUT2D eigenvalue weighted by Gasteiger charge is 2.24. The molecule has 9 nitrogen and oxygen atoms in total. The molecular formula is C15H15N5O4S2. The van der Waals surface area contributed by atoms with Crippen LogP contribution in [-0.2, 0) is 10.0 Å². The van der Waals surface area contributed by atoms with Gasteiger partial charge in [-0.1, -0.05) is 11.2 Å². The number of nitrogens with one attached hydrogen (secondary N) is 2. The van der Waals surface area contributed by atoms with E-state index in [2.05, 4.69) is 25.2 Å². The van der Waals surface area contributed by atoms with Crippen molar-refractivity contribution in [1.29, 1.82) is 0 Å². The lowest BCUT2D eigenvalue weighted by atomic mass is 10.3. The third-order valence-electron chi connectivity index (χ3n) is 3.37. The molecule has 0 bridgehead atoms. The Morgan fingerprint density at radius 1 is 1.35 bits per heavy atom. The van der Waals surface area contributed by atoms with E-state index in [9.17, 15) is 13.2 Å². The molecule has 0 unspecified atom stereocenters. The molecule has 3 aromatic rings. The predicted octanol–water partition coefficient (Wildman–Crippen LogP) is 1.59. The summed E-state index contributed by atoms with van der Waals surface area (Å²) in [6.45, 7) is 1.58. The van der Waals surface area contributed by atoms with Gasteiger partial charge >= 0.3 is 0 Å². The molecule has 0 aromatic carbocycles. The molecule has 0 radical (unpaired) electrons. The highest BCUT2D eigenvalue weighted by molar-refractivity contribution is 7.89. The van der Waals surface area contributed by atoms with Crippen LogP contribution in [0.2, 0.25) is 0 Å². The number of thiophene rings is 1. The molecule has 26 heavy (non-hydrogen) atoms. The molecule has 3 rings (SSSR count). The smallest absolute Gasteiger partial charge is 0.261 e. The van der Waals surface area contributed by atoms with Crippen LogP contribution in [0.25, 0.3) is 11.5 Å². The molecule has 0 saturated carbocycles. The summed E-state index contributed by atoms with van der Waals surface area (Å²) in [5, 5.41) is 7.66. The van der Waals surface area contributed by atoms with Gasteiger partial charge in [0.2, 0.25) is 21.7 Å². The van der Waals surface area contributed by atoms with E-state index >= 15 is 0 Å². The lowest BCUT2D eigenvalue weighted by Gasteiger charge is -2.09. The van der Waals surface area contributed by atoms with Crippen molar-refractivity contribution in [2.75, 3.05) is 7.05 Å². The van der Waals surface area contributed by atoms with E-state index in [1.54, 1.807) is 31.3 Å². The van der Waals surface area contributed by atoms with Crippen molar-refractivity contribution in [2.24, 2.45) is 0 Å². The van der Waals surface area contributed by atoms with E-state index in [1.807, 2.05) is 0 Å². The van der Waals surface area contributed by atoms with Crippen LogP contribution in [0.4, 0.5) is 0 Å². The fourth-order valence-corrected chi connectivity index (χ4v) is 4.48. The van der Waals surface area contributed by atoms with Gasteiger partial charge in [0.1, 0.15) is 5.69 Å². The van der Waals surface area contributed by atoms with E-state index < -0.39 is 16.1 Å². The van der Waals surface area contributed by atoms with E-state index in [-0.39, 0.29) is 22.5 Å². The third-order valence-corrected chi connectivity index (χ3v) is 5.97. The molecule has 1 amide bonds. The maximum Gasteiger partial charge on any atom is 0.261 e. The summed E-state index contributed by atoms with van der Waals surface area (Å²) < 4.78 is 32.5. The molecule has 0 aliphatic carbocycles. The minimum absolute atomic E-state index is 0.00239. The number of aromatic nitrogens is 3. The maximum absolute atomic E-state index is 12.5. The van der Waals surface area contributed by atoms with Gasteiger partial charge in [0.25, 0.3) is 5.91 Å². The van der Waals surface area contributed by atoms with Gasteiger partial charge in [0, 0.05) is 18.6 Å². The largest absolute Gasteiger partial charge is 0.354 e. The van der Waals surface area contributed by atoms with Crippen molar-refractivity contribution in [3.63, 3.8) is 0 Å².